The average molecular weight is 200 g/mol. The van der Waals surface area contributed by atoms with E-state index in [0.717, 1.165) is 17.7 Å². The Kier molecular flexibility index (Phi) is 3.36. The summed E-state index contributed by atoms with van der Waals surface area (Å²) in [6.07, 6.45) is 2.13. The molecule has 1 saturated heterocycles. The molecule has 1 fully saturated rings. The summed E-state index contributed by atoms with van der Waals surface area (Å²) in [7, 11) is 0. The zero-order valence-corrected chi connectivity index (χ0v) is 8.32. The van der Waals surface area contributed by atoms with E-state index in [1.54, 1.807) is 0 Å². The summed E-state index contributed by atoms with van der Waals surface area (Å²) in [6.45, 7) is 2.15. The first-order valence-electron chi connectivity index (χ1n) is 4.30. The van der Waals surface area contributed by atoms with Gasteiger partial charge in [-0.1, -0.05) is 13.3 Å². The monoisotopic (exact) mass is 200 g/mol. The second kappa shape index (κ2) is 4.32. The van der Waals surface area contributed by atoms with Gasteiger partial charge in [-0.05, 0) is 18.6 Å². The summed E-state index contributed by atoms with van der Waals surface area (Å²) in [6, 6.07) is 0. The van der Waals surface area contributed by atoms with Gasteiger partial charge in [-0.25, -0.2) is 4.90 Å². The minimum Gasteiger partial charge on any atom is -0.353 e. The van der Waals surface area contributed by atoms with Crippen molar-refractivity contribution < 1.29 is 9.59 Å². The average Bonchev–Trinajstić information content (AvgIpc) is 2.42. The second-order valence-electron chi connectivity index (χ2n) is 2.89. The maximum absolute atomic E-state index is 11.4. The Morgan fingerprint density at radius 2 is 2.38 bits per heavy atom. The molecule has 0 atom stereocenters. The van der Waals surface area contributed by atoms with Crippen LogP contribution in [0.2, 0.25) is 0 Å². The molecule has 0 aromatic carbocycles. The van der Waals surface area contributed by atoms with Gasteiger partial charge in [0.1, 0.15) is 0 Å². The maximum Gasteiger partial charge on any atom is 0.254 e. The first-order valence-corrected chi connectivity index (χ1v) is 4.71. The third kappa shape index (κ3) is 2.24. The van der Waals surface area contributed by atoms with Gasteiger partial charge in [0, 0.05) is 6.42 Å². The molecule has 13 heavy (non-hydrogen) atoms. The molecule has 0 aromatic rings. The lowest BCUT2D eigenvalue weighted by Gasteiger charge is -2.11. The Morgan fingerprint density at radius 3 is 2.85 bits per heavy atom. The first-order chi connectivity index (χ1) is 6.16. The number of nitrogens with one attached hydrogen (secondary N) is 1. The molecule has 1 aliphatic heterocycles. The number of amides is 2. The Hall–Kier alpha value is -0.970. The van der Waals surface area contributed by atoms with E-state index in [1.807, 2.05) is 6.92 Å². The van der Waals surface area contributed by atoms with Gasteiger partial charge in [0.2, 0.25) is 5.91 Å². The Balaban J connectivity index is 2.54. The van der Waals surface area contributed by atoms with E-state index in [1.165, 1.54) is 0 Å². The molecule has 0 saturated carbocycles. The molecule has 0 radical (unpaired) electrons. The van der Waals surface area contributed by atoms with E-state index < -0.39 is 0 Å². The largest absolute Gasteiger partial charge is 0.353 e. The van der Waals surface area contributed by atoms with Gasteiger partial charge in [-0.15, -0.1) is 0 Å². The van der Waals surface area contributed by atoms with E-state index in [2.05, 4.69) is 5.32 Å². The zero-order chi connectivity index (χ0) is 9.84. The fraction of sp³-hybridized carbons (Fsp3) is 0.625. The van der Waals surface area contributed by atoms with Crippen LogP contribution in [0.4, 0.5) is 0 Å². The van der Waals surface area contributed by atoms with Crippen molar-refractivity contribution in [2.45, 2.75) is 26.2 Å². The predicted octanol–water partition coefficient (Wildman–Crippen LogP) is 0.420. The number of hydrogen-bond acceptors (Lipinski definition) is 3. The highest BCUT2D eigenvalue weighted by Crippen LogP contribution is 2.05. The van der Waals surface area contributed by atoms with Crippen LogP contribution in [-0.2, 0) is 9.59 Å². The third-order valence-electron chi connectivity index (χ3n) is 1.84. The number of rotatable bonds is 3. The van der Waals surface area contributed by atoms with Crippen LogP contribution >= 0.6 is 12.2 Å². The number of hydrogen-bond donors (Lipinski definition) is 1. The van der Waals surface area contributed by atoms with Crippen molar-refractivity contribution in [1.82, 2.24) is 10.2 Å². The number of unbranched alkanes of at least 4 members (excludes halogenated alkanes) is 1. The predicted molar refractivity (Wildman–Crippen MR) is 52.0 cm³/mol. The van der Waals surface area contributed by atoms with Crippen LogP contribution in [0.5, 0.6) is 0 Å². The summed E-state index contributed by atoms with van der Waals surface area (Å²) in [5, 5.41) is 2.91. The van der Waals surface area contributed by atoms with Gasteiger partial charge in [0.15, 0.2) is 5.11 Å². The molecular weight excluding hydrogens is 188 g/mol. The van der Waals surface area contributed by atoms with Crippen LogP contribution in [0, 0.1) is 0 Å². The van der Waals surface area contributed by atoms with Gasteiger partial charge in [-0.2, -0.15) is 0 Å². The Bertz CT molecular complexity index is 237. The van der Waals surface area contributed by atoms with Crippen LogP contribution in [0.3, 0.4) is 0 Å². The zero-order valence-electron chi connectivity index (χ0n) is 7.50. The van der Waals surface area contributed by atoms with Crippen molar-refractivity contribution in [1.29, 1.82) is 0 Å². The standard InChI is InChI=1S/C8H12N2O2S/c1-2-3-4-6(11)10-7(12)5-9-8(10)13/h2-5H2,1H3,(H,9,13). The number of carbonyl (C=O) groups excluding carboxylic acids is 2. The first kappa shape index (κ1) is 10.1. The summed E-state index contributed by atoms with van der Waals surface area (Å²) >= 11 is 4.82. The van der Waals surface area contributed by atoms with Crippen LogP contribution < -0.4 is 5.32 Å². The molecule has 5 heteroatoms. The van der Waals surface area contributed by atoms with E-state index in [9.17, 15) is 9.59 Å². The van der Waals surface area contributed by atoms with Crippen LogP contribution in [0.25, 0.3) is 0 Å². The lowest BCUT2D eigenvalue weighted by Crippen LogP contribution is -2.36. The molecule has 1 N–H and O–H groups in total. The quantitative estimate of drug-likeness (QED) is 0.671. The normalized spacial score (nSPS) is 16.2. The van der Waals surface area contributed by atoms with Gasteiger partial charge in [0.25, 0.3) is 5.91 Å². The van der Waals surface area contributed by atoms with Gasteiger partial charge >= 0.3 is 0 Å². The molecule has 1 aliphatic rings. The van der Waals surface area contributed by atoms with E-state index >= 15 is 0 Å². The fourth-order valence-electron chi connectivity index (χ4n) is 1.11. The minimum absolute atomic E-state index is 0.150. The van der Waals surface area contributed by atoms with E-state index in [-0.39, 0.29) is 23.5 Å². The summed E-state index contributed by atoms with van der Waals surface area (Å²) in [5.41, 5.74) is 0. The molecular formula is C8H12N2O2S. The molecule has 4 nitrogen and oxygen atoms in total. The lowest BCUT2D eigenvalue weighted by atomic mass is 10.2. The van der Waals surface area contributed by atoms with Crippen molar-refractivity contribution in [3.05, 3.63) is 0 Å². The number of thiocarbonyl (C=S) groups is 1. The second-order valence-corrected chi connectivity index (χ2v) is 3.27. The highest BCUT2D eigenvalue weighted by atomic mass is 32.1. The number of imide groups is 1. The molecule has 2 amide bonds. The smallest absolute Gasteiger partial charge is 0.254 e. The summed E-state index contributed by atoms with van der Waals surface area (Å²) in [4.78, 5) is 23.6. The minimum atomic E-state index is -0.244. The number of nitrogens with zero attached hydrogens (tertiary/aromatic N) is 1. The molecule has 0 spiro atoms. The topological polar surface area (TPSA) is 49.4 Å². The molecule has 0 unspecified atom stereocenters. The lowest BCUT2D eigenvalue weighted by molar-refractivity contribution is -0.137. The van der Waals surface area contributed by atoms with Crippen LogP contribution in [-0.4, -0.2) is 28.4 Å². The SMILES string of the molecule is CCCCC(=O)N1C(=O)CNC1=S. The van der Waals surface area contributed by atoms with Gasteiger partial charge in [-0.3, -0.25) is 9.59 Å². The van der Waals surface area contributed by atoms with E-state index in [0.29, 0.717) is 6.42 Å². The van der Waals surface area contributed by atoms with Crippen molar-refractivity contribution in [2.24, 2.45) is 0 Å². The van der Waals surface area contributed by atoms with Crippen LogP contribution in [0.1, 0.15) is 26.2 Å². The van der Waals surface area contributed by atoms with Crippen molar-refractivity contribution in [2.75, 3.05) is 6.54 Å². The molecule has 0 aliphatic carbocycles. The Labute approximate surface area is 82.3 Å². The van der Waals surface area contributed by atoms with Gasteiger partial charge in [0.05, 0.1) is 6.54 Å². The summed E-state index contributed by atoms with van der Waals surface area (Å²) in [5.74, 6) is -0.437. The van der Waals surface area contributed by atoms with Gasteiger partial charge < -0.3 is 5.32 Å². The molecule has 1 heterocycles. The van der Waals surface area contributed by atoms with Crippen LogP contribution in [0.15, 0.2) is 0 Å². The molecule has 0 bridgehead atoms. The Morgan fingerprint density at radius 1 is 1.69 bits per heavy atom. The van der Waals surface area contributed by atoms with Crippen molar-refractivity contribution in [3.63, 3.8) is 0 Å². The molecule has 0 aromatic heterocycles. The fourth-order valence-corrected chi connectivity index (χ4v) is 1.39. The molecule has 72 valence electrons. The maximum atomic E-state index is 11.4. The van der Waals surface area contributed by atoms with E-state index in [4.69, 9.17) is 12.2 Å². The molecule has 1 rings (SSSR count). The van der Waals surface area contributed by atoms with Crippen molar-refractivity contribution in [3.8, 4) is 0 Å². The summed E-state index contributed by atoms with van der Waals surface area (Å²) < 4.78 is 0. The highest BCUT2D eigenvalue weighted by Gasteiger charge is 2.30. The van der Waals surface area contributed by atoms with Crippen molar-refractivity contribution >= 4 is 29.1 Å². The highest BCUT2D eigenvalue weighted by molar-refractivity contribution is 7.80. The number of carbonyl (C=O) groups is 2. The third-order valence-corrected chi connectivity index (χ3v) is 2.16.